The molecule has 5 nitrogen and oxygen atoms in total. The first-order chi connectivity index (χ1) is 10.6. The van der Waals surface area contributed by atoms with E-state index in [9.17, 15) is 9.59 Å². The zero-order valence-electron chi connectivity index (χ0n) is 13.2. The Morgan fingerprint density at radius 1 is 1.41 bits per heavy atom. The first kappa shape index (κ1) is 16.5. The van der Waals surface area contributed by atoms with Crippen molar-refractivity contribution in [2.45, 2.75) is 32.6 Å². The van der Waals surface area contributed by atoms with Gasteiger partial charge in [0.2, 0.25) is 11.8 Å². The predicted molar refractivity (Wildman–Crippen MR) is 85.7 cm³/mol. The molecule has 0 spiro atoms. The average Bonchev–Trinajstić information content (AvgIpc) is 2.49. The summed E-state index contributed by atoms with van der Waals surface area (Å²) in [6.07, 6.45) is 0.978. The predicted octanol–water partition coefficient (Wildman–Crippen LogP) is 2.29. The van der Waals surface area contributed by atoms with Crippen molar-refractivity contribution in [3.05, 3.63) is 29.8 Å². The van der Waals surface area contributed by atoms with Crippen LogP contribution in [0.3, 0.4) is 0 Å². The van der Waals surface area contributed by atoms with Crippen molar-refractivity contribution in [2.75, 3.05) is 25.1 Å². The quantitative estimate of drug-likeness (QED) is 0.760. The Hall–Kier alpha value is -1.88. The van der Waals surface area contributed by atoms with E-state index in [1.165, 1.54) is 0 Å². The number of anilines is 1. The lowest BCUT2D eigenvalue weighted by Crippen LogP contribution is -2.35. The summed E-state index contributed by atoms with van der Waals surface area (Å²) in [6.45, 7) is 6.15. The summed E-state index contributed by atoms with van der Waals surface area (Å²) >= 11 is 0. The highest BCUT2D eigenvalue weighted by molar-refractivity contribution is 6.01. The molecule has 2 rings (SSSR count). The Kier molecular flexibility index (Phi) is 5.95. The minimum atomic E-state index is -0.401. The van der Waals surface area contributed by atoms with Gasteiger partial charge in [0.25, 0.3) is 0 Å². The smallest absolute Gasteiger partial charge is 0.228 e. The maximum atomic E-state index is 12.3. The van der Waals surface area contributed by atoms with Gasteiger partial charge < -0.3 is 15.4 Å². The highest BCUT2D eigenvalue weighted by atomic mass is 16.5. The summed E-state index contributed by atoms with van der Waals surface area (Å²) < 4.78 is 5.48. The van der Waals surface area contributed by atoms with Gasteiger partial charge >= 0.3 is 0 Å². The lowest BCUT2D eigenvalue weighted by Gasteiger charge is -2.24. The van der Waals surface area contributed by atoms with Crippen molar-refractivity contribution in [1.29, 1.82) is 0 Å². The van der Waals surface area contributed by atoms with Crippen LogP contribution in [-0.4, -0.2) is 31.6 Å². The molecular formula is C17H24N2O3. The summed E-state index contributed by atoms with van der Waals surface area (Å²) in [6, 6.07) is 7.46. The van der Waals surface area contributed by atoms with E-state index >= 15 is 0 Å². The molecule has 0 fully saturated rings. The van der Waals surface area contributed by atoms with E-state index in [2.05, 4.69) is 24.5 Å². The maximum absolute atomic E-state index is 12.3. The van der Waals surface area contributed by atoms with Gasteiger partial charge in [-0.05, 0) is 24.0 Å². The van der Waals surface area contributed by atoms with Crippen molar-refractivity contribution >= 4 is 17.5 Å². The Labute approximate surface area is 131 Å². The van der Waals surface area contributed by atoms with Crippen molar-refractivity contribution < 1.29 is 14.3 Å². The van der Waals surface area contributed by atoms with Crippen LogP contribution in [0.4, 0.5) is 5.69 Å². The van der Waals surface area contributed by atoms with E-state index in [1.54, 1.807) is 0 Å². The molecule has 1 aromatic carbocycles. The van der Waals surface area contributed by atoms with E-state index < -0.39 is 5.92 Å². The molecule has 0 radical (unpaired) electrons. The minimum Gasteiger partial charge on any atom is -0.381 e. The third kappa shape index (κ3) is 4.56. The molecule has 5 heteroatoms. The molecule has 1 atom stereocenters. The number of para-hydroxylation sites is 1. The molecule has 2 amide bonds. The number of hydrogen-bond acceptors (Lipinski definition) is 3. The molecule has 1 aliphatic rings. The molecule has 22 heavy (non-hydrogen) atoms. The Bertz CT molecular complexity index is 528. The number of carbonyl (C=O) groups is 2. The van der Waals surface area contributed by atoms with Crippen molar-refractivity contribution in [3.8, 4) is 0 Å². The van der Waals surface area contributed by atoms with Gasteiger partial charge in [0.1, 0.15) is 0 Å². The Morgan fingerprint density at radius 3 is 2.95 bits per heavy atom. The van der Waals surface area contributed by atoms with Gasteiger partial charge in [-0.25, -0.2) is 0 Å². The first-order valence-electron chi connectivity index (χ1n) is 7.82. The van der Waals surface area contributed by atoms with Gasteiger partial charge in [-0.2, -0.15) is 0 Å². The number of amides is 2. The van der Waals surface area contributed by atoms with Crippen LogP contribution in [-0.2, 0) is 14.3 Å². The highest BCUT2D eigenvalue weighted by Crippen LogP contribution is 2.31. The van der Waals surface area contributed by atoms with Crippen LogP contribution in [0.25, 0.3) is 0 Å². The maximum Gasteiger partial charge on any atom is 0.228 e. The number of rotatable bonds is 7. The van der Waals surface area contributed by atoms with Crippen LogP contribution in [0.15, 0.2) is 24.3 Å². The topological polar surface area (TPSA) is 67.4 Å². The SMILES string of the molecule is CC(C)COCCCNC(=O)C1CC(=O)Nc2ccccc21. The number of ether oxygens (including phenoxy) is 1. The van der Waals surface area contributed by atoms with Crippen molar-refractivity contribution in [1.82, 2.24) is 5.32 Å². The lowest BCUT2D eigenvalue weighted by molar-refractivity contribution is -0.126. The molecule has 1 aromatic rings. The summed E-state index contributed by atoms with van der Waals surface area (Å²) in [5.74, 6) is -0.0846. The van der Waals surface area contributed by atoms with Crippen LogP contribution in [0.2, 0.25) is 0 Å². The molecule has 0 bridgehead atoms. The molecule has 0 saturated carbocycles. The van der Waals surface area contributed by atoms with Crippen molar-refractivity contribution in [2.24, 2.45) is 5.92 Å². The third-order valence-corrected chi connectivity index (χ3v) is 3.53. The fraction of sp³-hybridized carbons (Fsp3) is 0.529. The van der Waals surface area contributed by atoms with Gasteiger partial charge in [-0.3, -0.25) is 9.59 Å². The van der Waals surface area contributed by atoms with Gasteiger partial charge in [-0.15, -0.1) is 0 Å². The van der Waals surface area contributed by atoms with E-state index in [0.29, 0.717) is 19.1 Å². The first-order valence-corrected chi connectivity index (χ1v) is 7.82. The van der Waals surface area contributed by atoms with Crippen LogP contribution >= 0.6 is 0 Å². The van der Waals surface area contributed by atoms with Crippen molar-refractivity contribution in [3.63, 3.8) is 0 Å². The molecule has 120 valence electrons. The molecule has 0 aliphatic carbocycles. The Morgan fingerprint density at radius 2 is 2.18 bits per heavy atom. The fourth-order valence-corrected chi connectivity index (χ4v) is 2.47. The summed E-state index contributed by atoms with van der Waals surface area (Å²) in [5.41, 5.74) is 1.62. The zero-order valence-corrected chi connectivity index (χ0v) is 13.2. The molecular weight excluding hydrogens is 280 g/mol. The summed E-state index contributed by atoms with van der Waals surface area (Å²) in [7, 11) is 0. The van der Waals surface area contributed by atoms with E-state index in [-0.39, 0.29) is 18.2 Å². The molecule has 1 unspecified atom stereocenters. The minimum absolute atomic E-state index is 0.0915. The summed E-state index contributed by atoms with van der Waals surface area (Å²) in [4.78, 5) is 24.0. The van der Waals surface area contributed by atoms with Gasteiger partial charge in [0, 0.05) is 31.9 Å². The molecule has 2 N–H and O–H groups in total. The second-order valence-corrected chi connectivity index (χ2v) is 6.01. The zero-order chi connectivity index (χ0) is 15.9. The standard InChI is InChI=1S/C17H24N2O3/c1-12(2)11-22-9-5-8-18-17(21)14-10-16(20)19-15-7-4-3-6-13(14)15/h3-4,6-7,12,14H,5,8-11H2,1-2H3,(H,18,21)(H,19,20). The van der Waals surface area contributed by atoms with Gasteiger partial charge in [-0.1, -0.05) is 32.0 Å². The van der Waals surface area contributed by atoms with E-state index in [0.717, 1.165) is 24.3 Å². The van der Waals surface area contributed by atoms with Crippen LogP contribution in [0.5, 0.6) is 0 Å². The van der Waals surface area contributed by atoms with Crippen LogP contribution in [0.1, 0.15) is 38.2 Å². The second kappa shape index (κ2) is 7.94. The second-order valence-electron chi connectivity index (χ2n) is 6.01. The fourth-order valence-electron chi connectivity index (χ4n) is 2.47. The number of benzene rings is 1. The average molecular weight is 304 g/mol. The van der Waals surface area contributed by atoms with E-state index in [1.807, 2.05) is 24.3 Å². The van der Waals surface area contributed by atoms with E-state index in [4.69, 9.17) is 4.74 Å². The highest BCUT2D eigenvalue weighted by Gasteiger charge is 2.29. The number of nitrogens with one attached hydrogen (secondary N) is 2. The van der Waals surface area contributed by atoms with Gasteiger partial charge in [0.05, 0.1) is 5.92 Å². The molecule has 1 aliphatic heterocycles. The molecule has 0 saturated heterocycles. The number of carbonyl (C=O) groups excluding carboxylic acids is 2. The lowest BCUT2D eigenvalue weighted by atomic mass is 9.90. The molecule has 1 heterocycles. The molecule has 0 aromatic heterocycles. The van der Waals surface area contributed by atoms with Crippen LogP contribution < -0.4 is 10.6 Å². The largest absolute Gasteiger partial charge is 0.381 e. The number of fused-ring (bicyclic) bond motifs is 1. The van der Waals surface area contributed by atoms with Crippen LogP contribution in [0, 0.1) is 5.92 Å². The van der Waals surface area contributed by atoms with Gasteiger partial charge in [0.15, 0.2) is 0 Å². The monoisotopic (exact) mass is 304 g/mol. The Balaban J connectivity index is 1.81. The normalized spacial score (nSPS) is 17.0. The third-order valence-electron chi connectivity index (χ3n) is 3.53. The number of hydrogen-bond donors (Lipinski definition) is 2. The summed E-state index contributed by atoms with van der Waals surface area (Å²) in [5, 5.41) is 5.70.